The number of phenols is 1. The minimum atomic E-state index is -0.303. The van der Waals surface area contributed by atoms with Crippen LogP contribution in [0.1, 0.15) is 18.0 Å². The van der Waals surface area contributed by atoms with Crippen molar-refractivity contribution in [1.29, 1.82) is 0 Å². The van der Waals surface area contributed by atoms with E-state index >= 15 is 0 Å². The zero-order valence-corrected chi connectivity index (χ0v) is 12.9. The predicted octanol–water partition coefficient (Wildman–Crippen LogP) is 2.41. The van der Waals surface area contributed by atoms with Gasteiger partial charge in [-0.3, -0.25) is 0 Å². The Bertz CT molecular complexity index is 336. The Morgan fingerprint density at radius 1 is 1.33 bits per heavy atom. The monoisotopic (exact) mass is 455 g/mol. The van der Waals surface area contributed by atoms with Gasteiger partial charge in [0.05, 0.1) is 3.57 Å². The number of hydrogen-bond acceptors (Lipinski definition) is 3. The van der Waals surface area contributed by atoms with Gasteiger partial charge in [0, 0.05) is 21.8 Å². The molecule has 1 aromatic carbocycles. The highest BCUT2D eigenvalue weighted by Crippen LogP contribution is 2.31. The molecule has 1 aromatic rings. The van der Waals surface area contributed by atoms with E-state index in [2.05, 4.69) is 45.2 Å². The Balaban J connectivity index is 0.00000196. The second-order valence-electron chi connectivity index (χ2n) is 2.94. The lowest BCUT2D eigenvalue weighted by Gasteiger charge is -2.13. The summed E-state index contributed by atoms with van der Waals surface area (Å²) in [7, 11) is 0. The first-order valence-corrected chi connectivity index (χ1v) is 6.26. The zero-order chi connectivity index (χ0) is 10.7. The second-order valence-corrected chi connectivity index (χ2v) is 5.35. The highest BCUT2D eigenvalue weighted by atomic mass is 127. The Labute approximate surface area is 122 Å². The van der Waals surface area contributed by atoms with Crippen molar-refractivity contribution in [1.82, 2.24) is 0 Å². The number of aliphatic hydroxyl groups excluding tert-OH is 1. The summed E-state index contributed by atoms with van der Waals surface area (Å²) in [6, 6.07) is 3.42. The van der Waals surface area contributed by atoms with Crippen molar-refractivity contribution in [2.24, 2.45) is 5.73 Å². The maximum atomic E-state index is 9.75. The highest BCUT2D eigenvalue weighted by Gasteiger charge is 2.13. The van der Waals surface area contributed by atoms with Gasteiger partial charge in [-0.15, -0.1) is 12.4 Å². The Morgan fingerprint density at radius 3 is 2.47 bits per heavy atom. The Morgan fingerprint density at radius 2 is 1.93 bits per heavy atom. The molecule has 0 aliphatic heterocycles. The fourth-order valence-corrected chi connectivity index (χ4v) is 3.05. The molecule has 15 heavy (non-hydrogen) atoms. The van der Waals surface area contributed by atoms with Gasteiger partial charge in [0.2, 0.25) is 0 Å². The molecule has 0 amide bonds. The maximum absolute atomic E-state index is 9.75. The normalized spacial score (nSPS) is 12.0. The van der Waals surface area contributed by atoms with Crippen LogP contribution in [-0.4, -0.2) is 16.8 Å². The molecule has 0 aromatic heterocycles. The molecule has 86 valence electrons. The maximum Gasteiger partial charge on any atom is 0.133 e. The lowest BCUT2D eigenvalue weighted by Crippen LogP contribution is -2.12. The van der Waals surface area contributed by atoms with Gasteiger partial charge in [0.1, 0.15) is 5.75 Å². The van der Waals surface area contributed by atoms with E-state index in [4.69, 9.17) is 10.8 Å². The van der Waals surface area contributed by atoms with Gasteiger partial charge in [-0.25, -0.2) is 0 Å². The molecule has 0 aliphatic carbocycles. The second kappa shape index (κ2) is 7.10. The first-order chi connectivity index (χ1) is 6.56. The molecular formula is C9H12ClI2NO2. The molecule has 0 saturated carbocycles. The summed E-state index contributed by atoms with van der Waals surface area (Å²) >= 11 is 4.24. The van der Waals surface area contributed by atoms with Crippen LogP contribution in [0.25, 0.3) is 0 Å². The van der Waals surface area contributed by atoms with Crippen molar-refractivity contribution < 1.29 is 10.2 Å². The van der Waals surface area contributed by atoms with Crippen LogP contribution in [0.3, 0.4) is 0 Å². The number of phenolic OH excluding ortho intramolecular Hbond substituents is 1. The van der Waals surface area contributed by atoms with Crippen LogP contribution in [-0.2, 0) is 0 Å². The lowest BCUT2D eigenvalue weighted by atomic mass is 10.0. The summed E-state index contributed by atoms with van der Waals surface area (Å²) in [4.78, 5) is 0. The van der Waals surface area contributed by atoms with E-state index < -0.39 is 0 Å². The third kappa shape index (κ3) is 4.22. The van der Waals surface area contributed by atoms with Crippen LogP contribution in [0.5, 0.6) is 5.75 Å². The van der Waals surface area contributed by atoms with E-state index in [9.17, 15) is 5.11 Å². The summed E-state index contributed by atoms with van der Waals surface area (Å²) in [5.41, 5.74) is 6.52. The van der Waals surface area contributed by atoms with E-state index in [1.165, 1.54) is 0 Å². The van der Waals surface area contributed by atoms with E-state index in [1.54, 1.807) is 0 Å². The molecule has 0 radical (unpaired) electrons. The smallest absolute Gasteiger partial charge is 0.133 e. The SMILES string of the molecule is Cl.NC(CCO)c1cc(I)cc(I)c1O. The van der Waals surface area contributed by atoms with Crippen LogP contribution in [0.15, 0.2) is 12.1 Å². The number of nitrogens with two attached hydrogens (primary N) is 1. The van der Waals surface area contributed by atoms with Gasteiger partial charge in [-0.05, 0) is 63.7 Å². The van der Waals surface area contributed by atoms with E-state index in [0.717, 1.165) is 7.14 Å². The molecular weight excluding hydrogens is 443 g/mol. The van der Waals surface area contributed by atoms with Gasteiger partial charge >= 0.3 is 0 Å². The summed E-state index contributed by atoms with van der Waals surface area (Å²) in [6.07, 6.45) is 0.462. The first-order valence-electron chi connectivity index (χ1n) is 4.10. The van der Waals surface area contributed by atoms with Crippen molar-refractivity contribution in [3.63, 3.8) is 0 Å². The lowest BCUT2D eigenvalue weighted by molar-refractivity contribution is 0.275. The molecule has 0 heterocycles. The minimum absolute atomic E-state index is 0. The van der Waals surface area contributed by atoms with E-state index in [0.29, 0.717) is 12.0 Å². The van der Waals surface area contributed by atoms with Crippen LogP contribution in [0.4, 0.5) is 0 Å². The highest BCUT2D eigenvalue weighted by molar-refractivity contribution is 14.1. The molecule has 1 unspecified atom stereocenters. The molecule has 0 fully saturated rings. The molecule has 1 atom stereocenters. The standard InChI is InChI=1S/C9H11I2NO2.ClH/c10-5-3-6(8(12)1-2-13)9(14)7(11)4-5;/h3-4,8,13-14H,1-2,12H2;1H. The molecule has 0 aliphatic rings. The summed E-state index contributed by atoms with van der Waals surface area (Å²) in [6.45, 7) is 0.0304. The van der Waals surface area contributed by atoms with E-state index in [-0.39, 0.29) is 30.8 Å². The first kappa shape index (κ1) is 15.7. The topological polar surface area (TPSA) is 66.5 Å². The number of hydrogen-bond donors (Lipinski definition) is 3. The Kier molecular flexibility index (Phi) is 7.43. The number of rotatable bonds is 3. The third-order valence-electron chi connectivity index (χ3n) is 1.90. The van der Waals surface area contributed by atoms with Gasteiger partial charge in [0.25, 0.3) is 0 Å². The number of benzene rings is 1. The van der Waals surface area contributed by atoms with Gasteiger partial charge in [0.15, 0.2) is 0 Å². The molecule has 3 nitrogen and oxygen atoms in total. The summed E-state index contributed by atoms with van der Waals surface area (Å²) < 4.78 is 1.83. The molecule has 0 spiro atoms. The molecule has 1 rings (SSSR count). The van der Waals surface area contributed by atoms with Crippen LogP contribution in [0.2, 0.25) is 0 Å². The van der Waals surface area contributed by atoms with Crippen molar-refractivity contribution in [3.8, 4) is 5.75 Å². The van der Waals surface area contributed by atoms with Crippen molar-refractivity contribution >= 4 is 57.6 Å². The Hall–Kier alpha value is 0.690. The molecule has 4 N–H and O–H groups in total. The minimum Gasteiger partial charge on any atom is -0.506 e. The van der Waals surface area contributed by atoms with Gasteiger partial charge in [-0.2, -0.15) is 0 Å². The average Bonchev–Trinajstić information content (AvgIpc) is 2.11. The summed E-state index contributed by atoms with van der Waals surface area (Å²) in [5.74, 6) is 0.229. The van der Waals surface area contributed by atoms with E-state index in [1.807, 2.05) is 12.1 Å². The molecule has 0 bridgehead atoms. The van der Waals surface area contributed by atoms with Crippen molar-refractivity contribution in [2.45, 2.75) is 12.5 Å². The third-order valence-corrected chi connectivity index (χ3v) is 3.34. The average molecular weight is 455 g/mol. The zero-order valence-electron chi connectivity index (χ0n) is 7.78. The van der Waals surface area contributed by atoms with Crippen molar-refractivity contribution in [3.05, 3.63) is 24.8 Å². The molecule has 6 heteroatoms. The predicted molar refractivity (Wildman–Crippen MR) is 79.4 cm³/mol. The van der Waals surface area contributed by atoms with Crippen molar-refractivity contribution in [2.75, 3.05) is 6.61 Å². The van der Waals surface area contributed by atoms with Crippen LogP contribution in [0, 0.1) is 7.14 Å². The quantitative estimate of drug-likeness (QED) is 0.614. The van der Waals surface area contributed by atoms with Crippen LogP contribution >= 0.6 is 57.6 Å². The number of aromatic hydroxyl groups is 1. The largest absolute Gasteiger partial charge is 0.506 e. The van der Waals surface area contributed by atoms with Gasteiger partial charge < -0.3 is 15.9 Å². The molecule has 0 saturated heterocycles. The number of halogens is 3. The van der Waals surface area contributed by atoms with Gasteiger partial charge in [-0.1, -0.05) is 0 Å². The fraction of sp³-hybridized carbons (Fsp3) is 0.333. The fourth-order valence-electron chi connectivity index (χ4n) is 1.16. The number of aliphatic hydroxyl groups is 1. The summed E-state index contributed by atoms with van der Waals surface area (Å²) in [5, 5.41) is 18.5. The van der Waals surface area contributed by atoms with Crippen LogP contribution < -0.4 is 5.73 Å².